The number of hydroxylamine groups is 2. The first-order chi connectivity index (χ1) is 9.22. The fraction of sp³-hybridized carbons (Fsp3) is 0.571. The second-order valence-corrected chi connectivity index (χ2v) is 4.77. The van der Waals surface area contributed by atoms with Crippen LogP contribution in [0.15, 0.2) is 24.3 Å². The van der Waals surface area contributed by atoms with Gasteiger partial charge in [0.25, 0.3) is 5.69 Å². The van der Waals surface area contributed by atoms with Gasteiger partial charge in [0, 0.05) is 18.7 Å². The first kappa shape index (κ1) is 14.0. The summed E-state index contributed by atoms with van der Waals surface area (Å²) in [6, 6.07) is 7.05. The summed E-state index contributed by atoms with van der Waals surface area (Å²) in [6.45, 7) is 3.57. The molecule has 104 valence electrons. The lowest BCUT2D eigenvalue weighted by Crippen LogP contribution is -2.28. The maximum absolute atomic E-state index is 10.7. The third kappa shape index (κ3) is 3.52. The van der Waals surface area contributed by atoms with Crippen LogP contribution in [-0.2, 0) is 4.84 Å². The third-order valence-electron chi connectivity index (χ3n) is 3.49. The van der Waals surface area contributed by atoms with Gasteiger partial charge in [-0.1, -0.05) is 25.0 Å². The molecule has 0 spiro atoms. The van der Waals surface area contributed by atoms with Gasteiger partial charge in [-0.2, -0.15) is 5.06 Å². The quantitative estimate of drug-likeness (QED) is 0.617. The van der Waals surface area contributed by atoms with E-state index in [1.807, 2.05) is 24.1 Å². The molecule has 2 rings (SSSR count). The van der Waals surface area contributed by atoms with Gasteiger partial charge in [0.1, 0.15) is 0 Å². The van der Waals surface area contributed by atoms with Crippen molar-refractivity contribution in [1.82, 2.24) is 5.06 Å². The van der Waals surface area contributed by atoms with Crippen molar-refractivity contribution in [1.29, 1.82) is 0 Å². The zero-order chi connectivity index (χ0) is 13.7. The van der Waals surface area contributed by atoms with Crippen molar-refractivity contribution in [3.63, 3.8) is 0 Å². The summed E-state index contributed by atoms with van der Waals surface area (Å²) in [5.41, 5.74) is 1.24. The Hall–Kier alpha value is -1.46. The van der Waals surface area contributed by atoms with Gasteiger partial charge in [0.2, 0.25) is 0 Å². The molecule has 1 aromatic carbocycles. The summed E-state index contributed by atoms with van der Waals surface area (Å²) in [5, 5.41) is 12.7. The summed E-state index contributed by atoms with van der Waals surface area (Å²) in [6.07, 6.45) is 4.57. The molecule has 1 heterocycles. The largest absolute Gasteiger partial charge is 0.299 e. The highest BCUT2D eigenvalue weighted by Crippen LogP contribution is 2.31. The minimum atomic E-state index is -0.364. The van der Waals surface area contributed by atoms with E-state index in [0.717, 1.165) is 24.9 Å². The van der Waals surface area contributed by atoms with Gasteiger partial charge in [-0.3, -0.25) is 15.0 Å². The number of non-ortho nitro benzene ring substituents is 1. The van der Waals surface area contributed by atoms with E-state index >= 15 is 0 Å². The van der Waals surface area contributed by atoms with E-state index in [9.17, 15) is 10.1 Å². The fourth-order valence-electron chi connectivity index (χ4n) is 2.55. The Labute approximate surface area is 113 Å². The minimum Gasteiger partial charge on any atom is -0.299 e. The average molecular weight is 264 g/mol. The van der Waals surface area contributed by atoms with Crippen LogP contribution in [0.5, 0.6) is 0 Å². The smallest absolute Gasteiger partial charge is 0.269 e. The molecule has 1 unspecified atom stereocenters. The Morgan fingerprint density at radius 3 is 2.68 bits per heavy atom. The predicted molar refractivity (Wildman–Crippen MR) is 72.6 cm³/mol. The number of nitro groups is 1. The lowest BCUT2D eigenvalue weighted by atomic mass is 10.0. The fourth-order valence-corrected chi connectivity index (χ4v) is 2.55. The molecule has 1 aliphatic heterocycles. The molecule has 0 N–H and O–H groups in total. The number of hydrogen-bond acceptors (Lipinski definition) is 4. The molecule has 1 aliphatic rings. The summed E-state index contributed by atoms with van der Waals surface area (Å²) >= 11 is 0. The molecule has 0 saturated carbocycles. The molecule has 0 bridgehead atoms. The number of hydrogen-bond donors (Lipinski definition) is 0. The lowest BCUT2D eigenvalue weighted by Gasteiger charge is -2.28. The molecule has 5 heteroatoms. The highest BCUT2D eigenvalue weighted by molar-refractivity contribution is 5.34. The molecule has 1 aromatic rings. The van der Waals surface area contributed by atoms with Crippen molar-refractivity contribution in [2.45, 2.75) is 38.6 Å². The van der Waals surface area contributed by atoms with E-state index in [1.165, 1.54) is 12.8 Å². The van der Waals surface area contributed by atoms with E-state index in [1.54, 1.807) is 12.1 Å². The van der Waals surface area contributed by atoms with Crippen LogP contribution < -0.4 is 0 Å². The topological polar surface area (TPSA) is 55.6 Å². The normalized spacial score (nSPS) is 21.0. The number of nitrogens with zero attached hydrogens (tertiary/aromatic N) is 2. The number of rotatable bonds is 4. The van der Waals surface area contributed by atoms with Crippen molar-refractivity contribution in [2.75, 3.05) is 13.2 Å². The van der Waals surface area contributed by atoms with Crippen LogP contribution in [0, 0.1) is 10.1 Å². The van der Waals surface area contributed by atoms with Gasteiger partial charge in [-0.15, -0.1) is 0 Å². The maximum atomic E-state index is 10.7. The monoisotopic (exact) mass is 264 g/mol. The van der Waals surface area contributed by atoms with Crippen molar-refractivity contribution in [2.24, 2.45) is 0 Å². The van der Waals surface area contributed by atoms with Crippen molar-refractivity contribution in [3.8, 4) is 0 Å². The Bertz CT molecular complexity index is 419. The SMILES string of the molecule is CCON1CCCCCC1c1ccc([N+](=O)[O-])cc1. The van der Waals surface area contributed by atoms with Gasteiger partial charge >= 0.3 is 0 Å². The molecular weight excluding hydrogens is 244 g/mol. The van der Waals surface area contributed by atoms with Crippen LogP contribution in [0.2, 0.25) is 0 Å². The summed E-state index contributed by atoms with van der Waals surface area (Å²) in [4.78, 5) is 16.0. The lowest BCUT2D eigenvalue weighted by molar-refractivity contribution is -0.384. The zero-order valence-corrected chi connectivity index (χ0v) is 11.2. The van der Waals surface area contributed by atoms with E-state index in [0.29, 0.717) is 6.61 Å². The summed E-state index contributed by atoms with van der Waals surface area (Å²) < 4.78 is 0. The first-order valence-corrected chi connectivity index (χ1v) is 6.86. The molecule has 0 amide bonds. The first-order valence-electron chi connectivity index (χ1n) is 6.86. The van der Waals surface area contributed by atoms with Crippen LogP contribution in [0.3, 0.4) is 0 Å². The molecule has 1 saturated heterocycles. The Morgan fingerprint density at radius 2 is 2.05 bits per heavy atom. The highest BCUT2D eigenvalue weighted by atomic mass is 16.7. The molecule has 0 radical (unpaired) electrons. The van der Waals surface area contributed by atoms with Gasteiger partial charge in [0.05, 0.1) is 17.6 Å². The summed E-state index contributed by atoms with van der Waals surface area (Å²) in [5.74, 6) is 0. The molecule has 0 aromatic heterocycles. The Balaban J connectivity index is 2.18. The highest BCUT2D eigenvalue weighted by Gasteiger charge is 2.23. The molecule has 19 heavy (non-hydrogen) atoms. The second kappa shape index (κ2) is 6.63. The predicted octanol–water partition coefficient (Wildman–Crippen LogP) is 3.46. The number of nitro benzene ring substituents is 1. The number of benzene rings is 1. The van der Waals surface area contributed by atoms with E-state index in [-0.39, 0.29) is 16.7 Å². The maximum Gasteiger partial charge on any atom is 0.269 e. The molecule has 0 aliphatic carbocycles. The zero-order valence-electron chi connectivity index (χ0n) is 11.2. The second-order valence-electron chi connectivity index (χ2n) is 4.77. The van der Waals surface area contributed by atoms with Crippen LogP contribution in [0.25, 0.3) is 0 Å². The Kier molecular flexibility index (Phi) is 4.87. The van der Waals surface area contributed by atoms with E-state index in [4.69, 9.17) is 4.84 Å². The van der Waals surface area contributed by atoms with Gasteiger partial charge in [0.15, 0.2) is 0 Å². The van der Waals surface area contributed by atoms with Crippen molar-refractivity contribution < 1.29 is 9.76 Å². The molecule has 1 atom stereocenters. The van der Waals surface area contributed by atoms with Crippen LogP contribution >= 0.6 is 0 Å². The Morgan fingerprint density at radius 1 is 1.32 bits per heavy atom. The van der Waals surface area contributed by atoms with Crippen LogP contribution in [-0.4, -0.2) is 23.1 Å². The molecular formula is C14H20N2O3. The van der Waals surface area contributed by atoms with E-state index in [2.05, 4.69) is 0 Å². The molecule has 5 nitrogen and oxygen atoms in total. The average Bonchev–Trinajstić information content (AvgIpc) is 2.65. The molecule has 1 fully saturated rings. The van der Waals surface area contributed by atoms with Gasteiger partial charge in [-0.05, 0) is 25.3 Å². The van der Waals surface area contributed by atoms with Crippen LogP contribution in [0.1, 0.15) is 44.2 Å². The van der Waals surface area contributed by atoms with E-state index < -0.39 is 0 Å². The summed E-state index contributed by atoms with van der Waals surface area (Å²) in [7, 11) is 0. The van der Waals surface area contributed by atoms with Crippen molar-refractivity contribution >= 4 is 5.69 Å². The standard InChI is InChI=1S/C14H20N2O3/c1-2-19-15-11-5-3-4-6-14(15)12-7-9-13(10-8-12)16(17)18/h7-10,14H,2-6,11H2,1H3. The third-order valence-corrected chi connectivity index (χ3v) is 3.49. The van der Waals surface area contributed by atoms with Crippen LogP contribution in [0.4, 0.5) is 5.69 Å². The van der Waals surface area contributed by atoms with Gasteiger partial charge in [-0.25, -0.2) is 0 Å². The minimum absolute atomic E-state index is 0.139. The van der Waals surface area contributed by atoms with Gasteiger partial charge < -0.3 is 0 Å². The van der Waals surface area contributed by atoms with Crippen molar-refractivity contribution in [3.05, 3.63) is 39.9 Å².